The molecule has 0 bridgehead atoms. The van der Waals surface area contributed by atoms with Crippen molar-refractivity contribution in [2.45, 2.75) is 13.1 Å². The Bertz CT molecular complexity index is 347. The highest BCUT2D eigenvalue weighted by molar-refractivity contribution is 5.64. The fourth-order valence-electron chi connectivity index (χ4n) is 0.793. The summed E-state index contributed by atoms with van der Waals surface area (Å²) in [5.74, 6) is -0.707. The number of hydrogen-bond donors (Lipinski definition) is 1. The third-order valence-electron chi connectivity index (χ3n) is 1.34. The molecule has 0 aliphatic carbocycles. The largest absolute Gasteiger partial charge is 0.513 e. The van der Waals surface area contributed by atoms with Crippen LogP contribution in [0.15, 0.2) is 6.20 Å². The molecule has 1 aromatic rings. The fraction of sp³-hybridized carbons (Fsp3) is 0.429. The zero-order valence-electron chi connectivity index (χ0n) is 7.59. The van der Waals surface area contributed by atoms with Crippen LogP contribution in [-0.2, 0) is 10.9 Å². The minimum Gasteiger partial charge on any atom is -0.434 e. The van der Waals surface area contributed by atoms with E-state index in [1.165, 1.54) is 6.92 Å². The van der Waals surface area contributed by atoms with Gasteiger partial charge in [-0.05, 0) is 6.92 Å². The molecule has 0 radical (unpaired) electrons. The summed E-state index contributed by atoms with van der Waals surface area (Å²) < 4.78 is 45.2. The number of alkyl halides is 3. The standard InChI is InChI=1S/C7H7F3N2O3/c1-2-14-6(13)15-4-3-11-12-5(4)7(8,9)10/h3H,2H2,1H3,(H,11,12). The highest BCUT2D eigenvalue weighted by Gasteiger charge is 2.37. The molecule has 0 aromatic carbocycles. The van der Waals surface area contributed by atoms with Crippen molar-refractivity contribution < 1.29 is 27.4 Å². The number of carbonyl (C=O) groups excluding carboxylic acids is 1. The predicted octanol–water partition coefficient (Wildman–Crippen LogP) is 1.96. The molecule has 0 unspecified atom stereocenters. The second kappa shape index (κ2) is 4.20. The summed E-state index contributed by atoms with van der Waals surface area (Å²) in [6, 6.07) is 0. The molecule has 5 nitrogen and oxygen atoms in total. The molecule has 0 spiro atoms. The molecule has 0 atom stereocenters. The normalized spacial score (nSPS) is 11.2. The first kappa shape index (κ1) is 11.3. The van der Waals surface area contributed by atoms with Gasteiger partial charge in [-0.3, -0.25) is 5.10 Å². The van der Waals surface area contributed by atoms with Crippen LogP contribution in [0.2, 0.25) is 0 Å². The lowest BCUT2D eigenvalue weighted by atomic mass is 10.4. The molecule has 0 saturated carbocycles. The van der Waals surface area contributed by atoms with Crippen molar-refractivity contribution >= 4 is 6.16 Å². The second-order valence-corrected chi connectivity index (χ2v) is 2.39. The van der Waals surface area contributed by atoms with Gasteiger partial charge in [-0.1, -0.05) is 0 Å². The Morgan fingerprint density at radius 3 is 2.80 bits per heavy atom. The minimum atomic E-state index is -4.65. The molecule has 8 heteroatoms. The number of ether oxygens (including phenoxy) is 2. The van der Waals surface area contributed by atoms with Crippen LogP contribution in [0, 0.1) is 0 Å². The molecule has 1 aromatic heterocycles. The molecule has 1 rings (SSSR count). The van der Waals surface area contributed by atoms with E-state index in [1.807, 2.05) is 0 Å². The highest BCUT2D eigenvalue weighted by Crippen LogP contribution is 2.34. The third-order valence-corrected chi connectivity index (χ3v) is 1.34. The molecule has 0 amide bonds. The molecule has 0 aliphatic heterocycles. The summed E-state index contributed by atoms with van der Waals surface area (Å²) >= 11 is 0. The summed E-state index contributed by atoms with van der Waals surface area (Å²) in [4.78, 5) is 10.7. The molecule has 0 fully saturated rings. The Kier molecular flexibility index (Phi) is 3.17. The van der Waals surface area contributed by atoms with Crippen LogP contribution in [-0.4, -0.2) is 23.0 Å². The second-order valence-electron chi connectivity index (χ2n) is 2.39. The molecule has 1 heterocycles. The Hall–Kier alpha value is -1.73. The number of halogens is 3. The van der Waals surface area contributed by atoms with Crippen molar-refractivity contribution in [3.05, 3.63) is 11.9 Å². The van der Waals surface area contributed by atoms with Gasteiger partial charge in [0.05, 0.1) is 12.8 Å². The van der Waals surface area contributed by atoms with E-state index in [1.54, 1.807) is 5.10 Å². The van der Waals surface area contributed by atoms with Gasteiger partial charge in [0.25, 0.3) is 0 Å². The number of rotatable bonds is 2. The van der Waals surface area contributed by atoms with Crippen molar-refractivity contribution in [3.63, 3.8) is 0 Å². The first-order valence-electron chi connectivity index (χ1n) is 3.90. The predicted molar refractivity (Wildman–Crippen MR) is 41.2 cm³/mol. The van der Waals surface area contributed by atoms with Gasteiger partial charge < -0.3 is 9.47 Å². The van der Waals surface area contributed by atoms with E-state index in [9.17, 15) is 18.0 Å². The maximum absolute atomic E-state index is 12.2. The first-order chi connectivity index (χ1) is 6.95. The van der Waals surface area contributed by atoms with E-state index >= 15 is 0 Å². The van der Waals surface area contributed by atoms with Crippen LogP contribution < -0.4 is 4.74 Å². The zero-order chi connectivity index (χ0) is 11.5. The number of nitrogens with zero attached hydrogens (tertiary/aromatic N) is 1. The van der Waals surface area contributed by atoms with Crippen LogP contribution in [0.25, 0.3) is 0 Å². The number of carbonyl (C=O) groups is 1. The van der Waals surface area contributed by atoms with Gasteiger partial charge in [0.15, 0.2) is 11.4 Å². The first-order valence-corrected chi connectivity index (χ1v) is 3.90. The van der Waals surface area contributed by atoms with E-state index in [0.29, 0.717) is 0 Å². The topological polar surface area (TPSA) is 64.2 Å². The smallest absolute Gasteiger partial charge is 0.434 e. The number of nitrogens with one attached hydrogen (secondary N) is 1. The molecule has 0 saturated heterocycles. The molecule has 1 N–H and O–H groups in total. The van der Waals surface area contributed by atoms with E-state index in [4.69, 9.17) is 0 Å². The van der Waals surface area contributed by atoms with Gasteiger partial charge in [-0.15, -0.1) is 0 Å². The van der Waals surface area contributed by atoms with Gasteiger partial charge in [-0.25, -0.2) is 4.79 Å². The average Bonchev–Trinajstić information content (AvgIpc) is 2.51. The lowest BCUT2D eigenvalue weighted by Crippen LogP contribution is -2.14. The van der Waals surface area contributed by atoms with Crippen molar-refractivity contribution in [1.82, 2.24) is 10.2 Å². The molecular weight excluding hydrogens is 217 g/mol. The van der Waals surface area contributed by atoms with Crippen LogP contribution in [0.5, 0.6) is 5.75 Å². The molecule has 15 heavy (non-hydrogen) atoms. The summed E-state index contributed by atoms with van der Waals surface area (Å²) in [7, 11) is 0. The van der Waals surface area contributed by atoms with Crippen LogP contribution in [0.3, 0.4) is 0 Å². The van der Waals surface area contributed by atoms with Crippen molar-refractivity contribution in [2.24, 2.45) is 0 Å². The van der Waals surface area contributed by atoms with Crippen molar-refractivity contribution in [2.75, 3.05) is 6.61 Å². The average molecular weight is 224 g/mol. The Morgan fingerprint density at radius 2 is 2.27 bits per heavy atom. The maximum atomic E-state index is 12.2. The summed E-state index contributed by atoms with van der Waals surface area (Å²) in [6.45, 7) is 1.51. The van der Waals surface area contributed by atoms with Gasteiger partial charge in [-0.2, -0.15) is 18.3 Å². The third kappa shape index (κ3) is 2.86. The zero-order valence-corrected chi connectivity index (χ0v) is 7.59. The van der Waals surface area contributed by atoms with E-state index in [-0.39, 0.29) is 6.61 Å². The van der Waals surface area contributed by atoms with Crippen molar-refractivity contribution in [1.29, 1.82) is 0 Å². The fourth-order valence-corrected chi connectivity index (χ4v) is 0.793. The number of aromatic nitrogens is 2. The Balaban J connectivity index is 2.78. The van der Waals surface area contributed by atoms with Gasteiger partial charge >= 0.3 is 12.3 Å². The van der Waals surface area contributed by atoms with E-state index in [0.717, 1.165) is 6.20 Å². The Labute approximate surface area is 82.2 Å². The van der Waals surface area contributed by atoms with E-state index < -0.39 is 23.8 Å². The number of H-pyrrole nitrogens is 1. The lowest BCUT2D eigenvalue weighted by Gasteiger charge is -2.06. The lowest BCUT2D eigenvalue weighted by molar-refractivity contribution is -0.142. The molecular formula is C7H7F3N2O3. The maximum Gasteiger partial charge on any atom is 0.513 e. The molecule has 0 aliphatic rings. The number of aromatic amines is 1. The van der Waals surface area contributed by atoms with Crippen LogP contribution in [0.4, 0.5) is 18.0 Å². The SMILES string of the molecule is CCOC(=O)Oc1cn[nH]c1C(F)(F)F. The van der Waals surface area contributed by atoms with E-state index in [2.05, 4.69) is 14.6 Å². The van der Waals surface area contributed by atoms with Crippen LogP contribution >= 0.6 is 0 Å². The quantitative estimate of drug-likeness (QED) is 0.780. The highest BCUT2D eigenvalue weighted by atomic mass is 19.4. The summed E-state index contributed by atoms with van der Waals surface area (Å²) in [5.41, 5.74) is -1.23. The number of hydrogen-bond acceptors (Lipinski definition) is 4. The summed E-state index contributed by atoms with van der Waals surface area (Å²) in [6.07, 6.45) is -5.11. The van der Waals surface area contributed by atoms with Gasteiger partial charge in [0.2, 0.25) is 0 Å². The van der Waals surface area contributed by atoms with Crippen LogP contribution in [0.1, 0.15) is 12.6 Å². The van der Waals surface area contributed by atoms with Gasteiger partial charge in [0, 0.05) is 0 Å². The van der Waals surface area contributed by atoms with Gasteiger partial charge in [0.1, 0.15) is 0 Å². The van der Waals surface area contributed by atoms with Crippen molar-refractivity contribution in [3.8, 4) is 5.75 Å². The molecule has 84 valence electrons. The minimum absolute atomic E-state index is 0.0119. The Morgan fingerprint density at radius 1 is 1.60 bits per heavy atom. The monoisotopic (exact) mass is 224 g/mol. The summed E-state index contributed by atoms with van der Waals surface area (Å²) in [5, 5.41) is 4.81.